The molecule has 1 unspecified atom stereocenters. The first-order valence-electron chi connectivity index (χ1n) is 8.73. The number of hydrogen-bond donors (Lipinski definition) is 2. The molecule has 1 heterocycles. The molecule has 3 N–H and O–H groups in total. The first-order chi connectivity index (χ1) is 12.2. The number of nitrogens with zero attached hydrogens (tertiary/aromatic N) is 2. The Bertz CT molecular complexity index is 692. The maximum Gasteiger partial charge on any atom is 0.320 e. The molecule has 1 aromatic rings. The number of carbonyl (C=O) groups excluding carboxylic acids is 1. The Morgan fingerprint density at radius 2 is 2.08 bits per heavy atom. The number of anilines is 1. The molecule has 0 saturated carbocycles. The van der Waals surface area contributed by atoms with E-state index in [1.54, 1.807) is 12.1 Å². The van der Waals surface area contributed by atoms with Crippen LogP contribution in [-0.2, 0) is 4.79 Å². The van der Waals surface area contributed by atoms with Gasteiger partial charge in [-0.2, -0.15) is 8.78 Å². The van der Waals surface area contributed by atoms with Crippen molar-refractivity contribution in [3.05, 3.63) is 41.1 Å². The molecule has 5 nitrogen and oxygen atoms in total. The minimum Gasteiger partial charge on any atom is -0.387 e. The molecule has 7 heteroatoms. The fraction of sp³-hybridized carbons (Fsp3) is 0.474. The first-order valence-corrected chi connectivity index (χ1v) is 8.73. The van der Waals surface area contributed by atoms with Crippen LogP contribution in [0, 0.1) is 0 Å². The second-order valence-electron chi connectivity index (χ2n) is 6.58. The molecule has 1 atom stereocenters. The third kappa shape index (κ3) is 5.36. The maximum absolute atomic E-state index is 13.0. The Morgan fingerprint density at radius 3 is 2.62 bits per heavy atom. The Balaban J connectivity index is 2.11. The van der Waals surface area contributed by atoms with Crippen molar-refractivity contribution in [1.29, 1.82) is 0 Å². The van der Waals surface area contributed by atoms with Gasteiger partial charge in [-0.15, -0.1) is 0 Å². The summed E-state index contributed by atoms with van der Waals surface area (Å²) in [6, 6.07) is 4.02. The Morgan fingerprint density at radius 1 is 1.42 bits per heavy atom. The molecule has 0 aliphatic carbocycles. The summed E-state index contributed by atoms with van der Waals surface area (Å²) in [4.78, 5) is 18.0. The fourth-order valence-corrected chi connectivity index (χ4v) is 2.92. The summed E-state index contributed by atoms with van der Waals surface area (Å²) in [6.07, 6.45) is 2.14. The number of nitrogens with two attached hydrogens (primary N) is 1. The van der Waals surface area contributed by atoms with Gasteiger partial charge in [-0.05, 0) is 24.6 Å². The van der Waals surface area contributed by atoms with Crippen molar-refractivity contribution in [3.8, 4) is 0 Å². The standard InChI is InChI=1S/C19H26F2N4O/c1-4-18(22)23-17-9-10-25(11-15(17)12-26)13(2)14-5-7-16(8-6-14)24-19(3,20)21/h5-8,12-13,24H,4,9-11H2,1-3H3,(H2,22,23). The van der Waals surface area contributed by atoms with E-state index in [4.69, 9.17) is 5.73 Å². The number of rotatable bonds is 7. The van der Waals surface area contributed by atoms with Gasteiger partial charge in [0.15, 0.2) is 0 Å². The van der Waals surface area contributed by atoms with Crippen LogP contribution in [-0.4, -0.2) is 36.2 Å². The summed E-state index contributed by atoms with van der Waals surface area (Å²) >= 11 is 0. The SMILES string of the molecule is CCC(N)=NC1=C(C=O)CN(C(C)c2ccc(NC(C)(F)F)cc2)CC1. The molecular formula is C19H26F2N4O. The first kappa shape index (κ1) is 20.0. The van der Waals surface area contributed by atoms with Gasteiger partial charge in [0.25, 0.3) is 0 Å². The lowest BCUT2D eigenvalue weighted by Gasteiger charge is -2.33. The van der Waals surface area contributed by atoms with Crippen LogP contribution in [0.3, 0.4) is 0 Å². The molecule has 0 fully saturated rings. The number of halogens is 2. The Kier molecular flexibility index (Phi) is 6.47. The van der Waals surface area contributed by atoms with Gasteiger partial charge in [0.05, 0.1) is 11.5 Å². The van der Waals surface area contributed by atoms with Gasteiger partial charge in [0.1, 0.15) is 6.29 Å². The zero-order valence-electron chi connectivity index (χ0n) is 15.4. The minimum absolute atomic E-state index is 0.0511. The number of benzene rings is 1. The van der Waals surface area contributed by atoms with Crippen LogP contribution in [0.4, 0.5) is 14.5 Å². The predicted octanol–water partition coefficient (Wildman–Crippen LogP) is 3.70. The van der Waals surface area contributed by atoms with Gasteiger partial charge in [-0.1, -0.05) is 19.1 Å². The van der Waals surface area contributed by atoms with Crippen molar-refractivity contribution in [1.82, 2.24) is 4.90 Å². The lowest BCUT2D eigenvalue weighted by molar-refractivity contribution is -0.105. The molecule has 0 amide bonds. The monoisotopic (exact) mass is 364 g/mol. The molecule has 0 radical (unpaired) electrons. The largest absolute Gasteiger partial charge is 0.387 e. The maximum atomic E-state index is 13.0. The molecule has 0 aromatic heterocycles. The number of aldehydes is 1. The Labute approximate surface area is 153 Å². The van der Waals surface area contributed by atoms with E-state index in [0.29, 0.717) is 36.5 Å². The molecule has 0 bridgehead atoms. The molecule has 142 valence electrons. The third-order valence-corrected chi connectivity index (χ3v) is 4.47. The van der Waals surface area contributed by atoms with E-state index in [2.05, 4.69) is 15.2 Å². The molecule has 1 aliphatic rings. The summed E-state index contributed by atoms with van der Waals surface area (Å²) in [5, 5.41) is 2.15. The smallest absolute Gasteiger partial charge is 0.320 e. The van der Waals surface area contributed by atoms with Crippen LogP contribution in [0.5, 0.6) is 0 Å². The highest BCUT2D eigenvalue weighted by Crippen LogP contribution is 2.28. The second-order valence-corrected chi connectivity index (χ2v) is 6.58. The molecular weight excluding hydrogens is 338 g/mol. The highest BCUT2D eigenvalue weighted by Gasteiger charge is 2.24. The van der Waals surface area contributed by atoms with E-state index in [9.17, 15) is 13.6 Å². The molecule has 2 rings (SSSR count). The Hall–Kier alpha value is -2.28. The highest BCUT2D eigenvalue weighted by atomic mass is 19.3. The zero-order valence-corrected chi connectivity index (χ0v) is 15.4. The number of amidine groups is 1. The average molecular weight is 364 g/mol. The molecule has 0 saturated heterocycles. The minimum atomic E-state index is -2.96. The van der Waals surface area contributed by atoms with E-state index >= 15 is 0 Å². The van der Waals surface area contributed by atoms with Crippen LogP contribution in [0.1, 0.15) is 45.2 Å². The topological polar surface area (TPSA) is 70.7 Å². The van der Waals surface area contributed by atoms with Crippen molar-refractivity contribution in [2.24, 2.45) is 10.7 Å². The van der Waals surface area contributed by atoms with Gasteiger partial charge in [0, 0.05) is 50.2 Å². The number of carbonyl (C=O) groups is 1. The molecule has 0 spiro atoms. The number of aliphatic imine (C=N–C) groups is 1. The lowest BCUT2D eigenvalue weighted by Crippen LogP contribution is -2.34. The summed E-state index contributed by atoms with van der Waals surface area (Å²) in [6.45, 7) is 6.02. The van der Waals surface area contributed by atoms with E-state index in [1.807, 2.05) is 26.0 Å². The van der Waals surface area contributed by atoms with Crippen molar-refractivity contribution in [2.75, 3.05) is 18.4 Å². The summed E-state index contributed by atoms with van der Waals surface area (Å²) in [5.74, 6) is 0.525. The van der Waals surface area contributed by atoms with E-state index in [1.165, 1.54) is 0 Å². The fourth-order valence-electron chi connectivity index (χ4n) is 2.92. The summed E-state index contributed by atoms with van der Waals surface area (Å²) < 4.78 is 26.0. The highest BCUT2D eigenvalue weighted by molar-refractivity contribution is 5.83. The van der Waals surface area contributed by atoms with Crippen molar-refractivity contribution < 1.29 is 13.6 Å². The lowest BCUT2D eigenvalue weighted by atomic mass is 10.0. The number of alkyl halides is 2. The van der Waals surface area contributed by atoms with E-state index in [0.717, 1.165) is 31.0 Å². The van der Waals surface area contributed by atoms with Gasteiger partial charge in [0.2, 0.25) is 0 Å². The summed E-state index contributed by atoms with van der Waals surface area (Å²) in [7, 11) is 0. The summed E-state index contributed by atoms with van der Waals surface area (Å²) in [5.41, 5.74) is 8.56. The quantitative estimate of drug-likeness (QED) is 0.335. The van der Waals surface area contributed by atoms with Crippen LogP contribution < -0.4 is 11.1 Å². The van der Waals surface area contributed by atoms with Crippen molar-refractivity contribution in [3.63, 3.8) is 0 Å². The van der Waals surface area contributed by atoms with E-state index in [-0.39, 0.29) is 6.04 Å². The molecule has 1 aliphatic heterocycles. The normalized spacial score (nSPS) is 18.0. The van der Waals surface area contributed by atoms with Crippen LogP contribution >= 0.6 is 0 Å². The van der Waals surface area contributed by atoms with Gasteiger partial charge in [-0.25, -0.2) is 4.99 Å². The molecule has 1 aromatic carbocycles. The average Bonchev–Trinajstić information content (AvgIpc) is 2.60. The third-order valence-electron chi connectivity index (χ3n) is 4.47. The second kappa shape index (κ2) is 8.40. The number of nitrogens with one attached hydrogen (secondary N) is 1. The van der Waals surface area contributed by atoms with Crippen LogP contribution in [0.2, 0.25) is 0 Å². The van der Waals surface area contributed by atoms with Crippen LogP contribution in [0.25, 0.3) is 0 Å². The van der Waals surface area contributed by atoms with Crippen LogP contribution in [0.15, 0.2) is 40.5 Å². The van der Waals surface area contributed by atoms with E-state index < -0.39 is 6.05 Å². The zero-order chi connectivity index (χ0) is 19.3. The van der Waals surface area contributed by atoms with Gasteiger partial charge in [-0.3, -0.25) is 9.69 Å². The van der Waals surface area contributed by atoms with Gasteiger partial charge >= 0.3 is 6.05 Å². The van der Waals surface area contributed by atoms with Crippen molar-refractivity contribution in [2.45, 2.75) is 45.7 Å². The number of hydrogen-bond acceptors (Lipinski definition) is 4. The van der Waals surface area contributed by atoms with Gasteiger partial charge < -0.3 is 11.1 Å². The van der Waals surface area contributed by atoms with Crippen molar-refractivity contribution >= 4 is 17.8 Å². The molecule has 26 heavy (non-hydrogen) atoms. The predicted molar refractivity (Wildman–Crippen MR) is 100 cm³/mol.